The molecule has 0 saturated carbocycles. The van der Waals surface area contributed by atoms with Crippen molar-refractivity contribution in [2.75, 3.05) is 18.0 Å². The molecule has 10 heteroatoms. The molecule has 0 spiro atoms. The van der Waals surface area contributed by atoms with Crippen LogP contribution < -0.4 is 10.6 Å². The minimum Gasteiger partial charge on any atom is -0.507 e. The van der Waals surface area contributed by atoms with E-state index in [2.05, 4.69) is 16.5 Å². The van der Waals surface area contributed by atoms with Gasteiger partial charge in [0.05, 0.1) is 16.6 Å². The number of rotatable bonds is 5. The first-order valence-corrected chi connectivity index (χ1v) is 13.8. The van der Waals surface area contributed by atoms with Crippen LogP contribution in [0, 0.1) is 18.6 Å². The molecule has 42 heavy (non-hydrogen) atoms. The molecule has 1 aliphatic heterocycles. The Kier molecular flexibility index (Phi) is 7.57. The fraction of sp³-hybridized carbons (Fsp3) is 0.312. The molecule has 1 aliphatic rings. The van der Waals surface area contributed by atoms with Gasteiger partial charge in [0.2, 0.25) is 5.91 Å². The van der Waals surface area contributed by atoms with Gasteiger partial charge < -0.3 is 14.9 Å². The van der Waals surface area contributed by atoms with Gasteiger partial charge in [-0.25, -0.2) is 23.1 Å². The van der Waals surface area contributed by atoms with Crippen LogP contribution in [0.4, 0.5) is 14.6 Å². The second kappa shape index (κ2) is 11.0. The van der Waals surface area contributed by atoms with Crippen LogP contribution in [0.1, 0.15) is 44.7 Å². The molecule has 0 unspecified atom stereocenters. The summed E-state index contributed by atoms with van der Waals surface area (Å²) in [4.78, 5) is 39.0. The minimum atomic E-state index is -0.884. The highest BCUT2D eigenvalue weighted by Gasteiger charge is 2.34. The lowest BCUT2D eigenvalue weighted by Crippen LogP contribution is -2.58. The summed E-state index contributed by atoms with van der Waals surface area (Å²) in [7, 11) is 0. The second-order valence-corrected chi connectivity index (χ2v) is 11.1. The van der Waals surface area contributed by atoms with E-state index >= 15 is 4.39 Å². The number of aromatic hydroxyl groups is 1. The number of para-hydroxylation sites is 1. The molecule has 1 amide bonds. The first-order valence-electron chi connectivity index (χ1n) is 13.8. The highest BCUT2D eigenvalue weighted by atomic mass is 19.1. The van der Waals surface area contributed by atoms with Crippen molar-refractivity contribution in [2.24, 2.45) is 0 Å². The summed E-state index contributed by atoms with van der Waals surface area (Å²) >= 11 is 0. The van der Waals surface area contributed by atoms with E-state index in [1.165, 1.54) is 28.8 Å². The van der Waals surface area contributed by atoms with E-state index in [0.29, 0.717) is 18.8 Å². The quantitative estimate of drug-likeness (QED) is 0.318. The maximum Gasteiger partial charge on any atom is 0.355 e. The van der Waals surface area contributed by atoms with Crippen molar-refractivity contribution in [2.45, 2.75) is 52.6 Å². The number of halogens is 2. The van der Waals surface area contributed by atoms with Gasteiger partial charge >= 0.3 is 5.69 Å². The Morgan fingerprint density at radius 2 is 1.74 bits per heavy atom. The number of pyridine rings is 1. The van der Waals surface area contributed by atoms with Gasteiger partial charge in [0.25, 0.3) is 0 Å². The number of hydrogen-bond donors (Lipinski definition) is 1. The number of carbonyl (C=O) groups is 1. The Balaban J connectivity index is 1.86. The molecule has 2 aromatic heterocycles. The van der Waals surface area contributed by atoms with Gasteiger partial charge in [0, 0.05) is 25.2 Å². The number of phenolic OH excluding ortho intramolecular Hbond substituents is 1. The van der Waals surface area contributed by atoms with Gasteiger partial charge in [-0.15, -0.1) is 0 Å². The molecule has 0 bridgehead atoms. The Morgan fingerprint density at radius 3 is 2.36 bits per heavy atom. The van der Waals surface area contributed by atoms with Crippen LogP contribution in [0.25, 0.3) is 28.0 Å². The normalized spacial score (nSPS) is 17.2. The third-order valence-corrected chi connectivity index (χ3v) is 7.79. The Labute approximate surface area is 242 Å². The van der Waals surface area contributed by atoms with E-state index in [1.807, 2.05) is 57.7 Å². The monoisotopic (exact) mass is 573 g/mol. The topological polar surface area (TPSA) is 91.6 Å². The van der Waals surface area contributed by atoms with Gasteiger partial charge in [-0.2, -0.15) is 4.98 Å². The molecular weight excluding hydrogens is 540 g/mol. The average Bonchev–Trinajstić information content (AvgIpc) is 2.93. The zero-order valence-corrected chi connectivity index (χ0v) is 24.2. The van der Waals surface area contributed by atoms with Gasteiger partial charge in [-0.05, 0) is 62.1 Å². The number of hydrogen-bond acceptors (Lipinski definition) is 6. The van der Waals surface area contributed by atoms with Gasteiger partial charge in [-0.1, -0.05) is 44.7 Å². The van der Waals surface area contributed by atoms with Crippen molar-refractivity contribution in [3.8, 4) is 22.7 Å². The number of fused-ring (bicyclic) bond motifs is 1. The zero-order valence-electron chi connectivity index (χ0n) is 24.2. The maximum absolute atomic E-state index is 15.9. The molecule has 4 aromatic rings. The highest BCUT2D eigenvalue weighted by Crippen LogP contribution is 2.37. The fourth-order valence-electron chi connectivity index (χ4n) is 5.93. The molecule has 2 atom stereocenters. The molecule has 2 aromatic carbocycles. The number of benzene rings is 2. The molecular formula is C32H33F2N5O3. The van der Waals surface area contributed by atoms with Crippen LogP contribution >= 0.6 is 0 Å². The summed E-state index contributed by atoms with van der Waals surface area (Å²) in [6, 6.07) is 9.96. The number of aryl methyl sites for hydroxylation is 1. The number of aromatic nitrogens is 3. The van der Waals surface area contributed by atoms with Gasteiger partial charge in [0.1, 0.15) is 23.1 Å². The van der Waals surface area contributed by atoms with Gasteiger partial charge in [0.15, 0.2) is 11.5 Å². The fourth-order valence-corrected chi connectivity index (χ4v) is 5.93. The predicted octanol–water partition coefficient (Wildman–Crippen LogP) is 5.47. The number of carbonyl (C=O) groups excluding carboxylic acids is 1. The number of amides is 1. The summed E-state index contributed by atoms with van der Waals surface area (Å²) in [5.74, 6) is -2.18. The smallest absolute Gasteiger partial charge is 0.355 e. The lowest BCUT2D eigenvalue weighted by atomic mass is 9.98. The van der Waals surface area contributed by atoms with Crippen LogP contribution in [0.5, 0.6) is 5.75 Å². The largest absolute Gasteiger partial charge is 0.507 e. The summed E-state index contributed by atoms with van der Waals surface area (Å²) in [6.45, 7) is 13.9. The van der Waals surface area contributed by atoms with E-state index in [4.69, 9.17) is 0 Å². The van der Waals surface area contributed by atoms with Gasteiger partial charge in [-0.3, -0.25) is 4.79 Å². The maximum atomic E-state index is 15.9. The number of nitrogens with zero attached hydrogens (tertiary/aromatic N) is 5. The molecule has 218 valence electrons. The van der Waals surface area contributed by atoms with E-state index in [1.54, 1.807) is 4.90 Å². The molecule has 1 N–H and O–H groups in total. The molecule has 0 radical (unpaired) electrons. The third-order valence-electron chi connectivity index (χ3n) is 7.79. The van der Waals surface area contributed by atoms with Crippen molar-refractivity contribution in [1.82, 2.24) is 19.4 Å². The second-order valence-electron chi connectivity index (χ2n) is 11.1. The predicted molar refractivity (Wildman–Crippen MR) is 159 cm³/mol. The standard InChI is InChI=1S/C32H33F2N5O3/c1-7-26(41)37-15-19(5)38(20(6)16-37)31-22-14-24(34)28(27-23(33)12-9-13-25(27)40)35-30(22)39(32(42)36-31)29-18(4)10-8-11-21(29)17(2)3/h7-14,17,19-20,40H,1,15-16H2,2-6H3/t19-,20-/m0/s1. The molecule has 1 saturated heterocycles. The lowest BCUT2D eigenvalue weighted by molar-refractivity contribution is -0.127. The van der Waals surface area contributed by atoms with Crippen molar-refractivity contribution in [1.29, 1.82) is 0 Å². The first-order chi connectivity index (χ1) is 19.9. The van der Waals surface area contributed by atoms with Crippen LogP contribution in [-0.2, 0) is 4.79 Å². The van der Waals surface area contributed by atoms with Crippen molar-refractivity contribution >= 4 is 22.8 Å². The molecule has 3 heterocycles. The number of piperazine rings is 1. The van der Waals surface area contributed by atoms with Crippen LogP contribution in [0.3, 0.4) is 0 Å². The molecule has 8 nitrogen and oxygen atoms in total. The summed E-state index contributed by atoms with van der Waals surface area (Å²) in [5, 5.41) is 10.7. The molecule has 0 aliphatic carbocycles. The third kappa shape index (κ3) is 4.80. The van der Waals surface area contributed by atoms with Crippen molar-refractivity contribution in [3.05, 3.63) is 88.4 Å². The summed E-state index contributed by atoms with van der Waals surface area (Å²) < 4.78 is 32.2. The highest BCUT2D eigenvalue weighted by molar-refractivity contribution is 5.92. The SMILES string of the molecule is C=CC(=O)N1C[C@H](C)N(c2nc(=O)n(-c3c(C)cccc3C(C)C)c3nc(-c4c(O)cccc4F)c(F)cc23)[C@@H](C)C1. The number of anilines is 1. The van der Waals surface area contributed by atoms with Crippen molar-refractivity contribution in [3.63, 3.8) is 0 Å². The Hall–Kier alpha value is -4.60. The van der Waals surface area contributed by atoms with Crippen LogP contribution in [0.15, 0.2) is 59.9 Å². The van der Waals surface area contributed by atoms with Crippen molar-refractivity contribution < 1.29 is 18.7 Å². The van der Waals surface area contributed by atoms with E-state index < -0.39 is 34.3 Å². The van der Waals surface area contributed by atoms with E-state index in [0.717, 1.165) is 17.2 Å². The van der Waals surface area contributed by atoms with Crippen LogP contribution in [-0.4, -0.2) is 55.6 Å². The zero-order chi connectivity index (χ0) is 30.5. The Bertz CT molecular complexity index is 1750. The number of phenols is 1. The Morgan fingerprint density at radius 1 is 1.07 bits per heavy atom. The van der Waals surface area contributed by atoms with E-state index in [-0.39, 0.29) is 40.8 Å². The molecule has 5 rings (SSSR count). The lowest BCUT2D eigenvalue weighted by Gasteiger charge is -2.45. The summed E-state index contributed by atoms with van der Waals surface area (Å²) in [5.41, 5.74) is 0.801. The average molecular weight is 574 g/mol. The first kappa shape index (κ1) is 28.9. The minimum absolute atomic E-state index is 0.0209. The van der Waals surface area contributed by atoms with Crippen LogP contribution in [0.2, 0.25) is 0 Å². The summed E-state index contributed by atoms with van der Waals surface area (Å²) in [6.07, 6.45) is 1.26. The van der Waals surface area contributed by atoms with E-state index in [9.17, 15) is 19.1 Å². The molecule has 1 fully saturated rings.